The van der Waals surface area contributed by atoms with Crippen LogP contribution in [0.4, 0.5) is 0 Å². The number of carbonyl (C=O) groups is 1. The van der Waals surface area contributed by atoms with Gasteiger partial charge in [-0.3, -0.25) is 4.79 Å². The summed E-state index contributed by atoms with van der Waals surface area (Å²) in [6.07, 6.45) is 0.886. The zero-order valence-corrected chi connectivity index (χ0v) is 15.0. The Morgan fingerprint density at radius 1 is 0.778 bits per heavy atom. The molecule has 134 valence electrons. The fourth-order valence-corrected chi connectivity index (χ4v) is 3.55. The van der Waals surface area contributed by atoms with Gasteiger partial charge in [0, 0.05) is 24.2 Å². The molecule has 0 aliphatic rings. The highest BCUT2D eigenvalue weighted by Gasteiger charge is 2.12. The van der Waals surface area contributed by atoms with E-state index in [1.54, 1.807) is 0 Å². The van der Waals surface area contributed by atoms with Gasteiger partial charge in [-0.15, -0.1) is 0 Å². The van der Waals surface area contributed by atoms with Crippen molar-refractivity contribution in [2.24, 2.45) is 0 Å². The average molecular weight is 355 g/mol. The smallest absolute Gasteiger partial charge is 0.307 e. The van der Waals surface area contributed by atoms with Gasteiger partial charge in [0.15, 0.2) is 0 Å². The van der Waals surface area contributed by atoms with Crippen molar-refractivity contribution in [3.8, 4) is 0 Å². The number of aromatic nitrogens is 1. The predicted octanol–water partition coefficient (Wildman–Crippen LogP) is 4.91. The number of aliphatic carboxylic acids is 1. The lowest BCUT2D eigenvalue weighted by molar-refractivity contribution is -0.136. The molecule has 4 rings (SSSR count). The Kier molecular flexibility index (Phi) is 4.75. The van der Waals surface area contributed by atoms with Crippen LogP contribution in [0.15, 0.2) is 84.9 Å². The standard InChI is InChI=1S/C24H21NO2/c26-24(27)15-20-11-12-21-16-22(13-18-7-3-1-4-8-18)25(23(21)14-20)17-19-9-5-2-6-10-19/h1-12,14,16H,13,15,17H2,(H,26,27). The Balaban J connectivity index is 1.80. The van der Waals surface area contributed by atoms with E-state index in [0.29, 0.717) is 0 Å². The Morgan fingerprint density at radius 2 is 1.44 bits per heavy atom. The summed E-state index contributed by atoms with van der Waals surface area (Å²) in [5.74, 6) is -0.806. The highest BCUT2D eigenvalue weighted by Crippen LogP contribution is 2.25. The molecule has 4 aromatic rings. The molecule has 0 fully saturated rings. The Hall–Kier alpha value is -3.33. The summed E-state index contributed by atoms with van der Waals surface area (Å²) in [6, 6.07) is 29.0. The van der Waals surface area contributed by atoms with Crippen LogP contribution in [0.1, 0.15) is 22.4 Å². The first-order valence-electron chi connectivity index (χ1n) is 9.10. The first kappa shape index (κ1) is 17.1. The van der Waals surface area contributed by atoms with Crippen molar-refractivity contribution >= 4 is 16.9 Å². The van der Waals surface area contributed by atoms with Crippen LogP contribution >= 0.6 is 0 Å². The van der Waals surface area contributed by atoms with Gasteiger partial charge in [-0.1, -0.05) is 72.8 Å². The van der Waals surface area contributed by atoms with Crippen LogP contribution in [-0.2, 0) is 24.2 Å². The third-order valence-corrected chi connectivity index (χ3v) is 4.82. The predicted molar refractivity (Wildman–Crippen MR) is 108 cm³/mol. The summed E-state index contributed by atoms with van der Waals surface area (Å²) in [5.41, 5.74) is 5.64. The van der Waals surface area contributed by atoms with Gasteiger partial charge in [0.2, 0.25) is 0 Å². The highest BCUT2D eigenvalue weighted by atomic mass is 16.4. The van der Waals surface area contributed by atoms with Crippen LogP contribution < -0.4 is 0 Å². The largest absolute Gasteiger partial charge is 0.481 e. The van der Waals surface area contributed by atoms with Gasteiger partial charge in [0.05, 0.1) is 6.42 Å². The lowest BCUT2D eigenvalue weighted by Gasteiger charge is -2.12. The van der Waals surface area contributed by atoms with Crippen molar-refractivity contribution in [1.29, 1.82) is 0 Å². The third kappa shape index (κ3) is 3.93. The number of fused-ring (bicyclic) bond motifs is 1. The van der Waals surface area contributed by atoms with Crippen LogP contribution in [0.2, 0.25) is 0 Å². The molecular weight excluding hydrogens is 334 g/mol. The topological polar surface area (TPSA) is 42.2 Å². The summed E-state index contributed by atoms with van der Waals surface area (Å²) in [6.45, 7) is 0.767. The fourth-order valence-electron chi connectivity index (χ4n) is 3.55. The lowest BCUT2D eigenvalue weighted by Crippen LogP contribution is -2.06. The van der Waals surface area contributed by atoms with Gasteiger partial charge in [0.1, 0.15) is 0 Å². The molecule has 27 heavy (non-hydrogen) atoms. The lowest BCUT2D eigenvalue weighted by atomic mass is 10.1. The zero-order chi connectivity index (χ0) is 18.6. The number of benzene rings is 3. The van der Waals surface area contributed by atoms with Crippen LogP contribution in [0.3, 0.4) is 0 Å². The number of hydrogen-bond donors (Lipinski definition) is 1. The van der Waals surface area contributed by atoms with Gasteiger partial charge in [-0.25, -0.2) is 0 Å². The molecule has 3 nitrogen and oxygen atoms in total. The fraction of sp³-hybridized carbons (Fsp3) is 0.125. The van der Waals surface area contributed by atoms with Gasteiger partial charge in [-0.05, 0) is 34.2 Å². The molecule has 0 aliphatic heterocycles. The van der Waals surface area contributed by atoms with E-state index in [0.717, 1.165) is 29.4 Å². The molecule has 0 saturated heterocycles. The zero-order valence-electron chi connectivity index (χ0n) is 15.0. The van der Waals surface area contributed by atoms with Crippen molar-refractivity contribution < 1.29 is 9.90 Å². The first-order chi connectivity index (χ1) is 13.2. The molecule has 0 bridgehead atoms. The normalized spacial score (nSPS) is 11.0. The third-order valence-electron chi connectivity index (χ3n) is 4.82. The van der Waals surface area contributed by atoms with Gasteiger partial charge in [0.25, 0.3) is 0 Å². The average Bonchev–Trinajstić information content (AvgIpc) is 3.00. The summed E-state index contributed by atoms with van der Waals surface area (Å²) >= 11 is 0. The number of nitrogens with zero attached hydrogens (tertiary/aromatic N) is 1. The first-order valence-corrected chi connectivity index (χ1v) is 9.10. The van der Waals surface area contributed by atoms with Crippen molar-refractivity contribution in [3.63, 3.8) is 0 Å². The molecule has 0 atom stereocenters. The van der Waals surface area contributed by atoms with E-state index in [1.165, 1.54) is 16.8 Å². The van der Waals surface area contributed by atoms with E-state index >= 15 is 0 Å². The molecule has 0 unspecified atom stereocenters. The molecule has 1 heterocycles. The maximum Gasteiger partial charge on any atom is 0.307 e. The maximum atomic E-state index is 11.1. The van der Waals surface area contributed by atoms with Crippen LogP contribution in [-0.4, -0.2) is 15.6 Å². The molecule has 1 aromatic heterocycles. The molecule has 0 aliphatic carbocycles. The molecule has 0 spiro atoms. The Morgan fingerprint density at radius 3 is 2.11 bits per heavy atom. The Bertz CT molecular complexity index is 1070. The summed E-state index contributed by atoms with van der Waals surface area (Å²) < 4.78 is 2.31. The minimum absolute atomic E-state index is 0.0421. The van der Waals surface area contributed by atoms with Gasteiger partial charge >= 0.3 is 5.97 Å². The molecule has 1 N–H and O–H groups in total. The van der Waals surface area contributed by atoms with Gasteiger partial charge < -0.3 is 9.67 Å². The second kappa shape index (κ2) is 7.50. The van der Waals surface area contributed by atoms with Crippen LogP contribution in [0.5, 0.6) is 0 Å². The van der Waals surface area contributed by atoms with E-state index in [1.807, 2.05) is 42.5 Å². The van der Waals surface area contributed by atoms with Crippen LogP contribution in [0, 0.1) is 0 Å². The highest BCUT2D eigenvalue weighted by molar-refractivity contribution is 5.83. The van der Waals surface area contributed by atoms with Gasteiger partial charge in [-0.2, -0.15) is 0 Å². The summed E-state index contributed by atoms with van der Waals surface area (Å²) in [5, 5.41) is 10.3. The number of hydrogen-bond acceptors (Lipinski definition) is 1. The van der Waals surface area contributed by atoms with E-state index in [4.69, 9.17) is 5.11 Å². The maximum absolute atomic E-state index is 11.1. The van der Waals surface area contributed by atoms with Crippen molar-refractivity contribution in [2.45, 2.75) is 19.4 Å². The molecule has 0 saturated carbocycles. The summed E-state index contributed by atoms with van der Waals surface area (Å²) in [7, 11) is 0. The van der Waals surface area contributed by atoms with Crippen molar-refractivity contribution in [3.05, 3.63) is 107 Å². The number of rotatable bonds is 6. The van der Waals surface area contributed by atoms with Crippen molar-refractivity contribution in [1.82, 2.24) is 4.57 Å². The van der Waals surface area contributed by atoms with Crippen molar-refractivity contribution in [2.75, 3.05) is 0 Å². The molecule has 0 amide bonds. The van der Waals surface area contributed by atoms with E-state index in [-0.39, 0.29) is 6.42 Å². The molecule has 3 heteroatoms. The Labute approximate surface area is 158 Å². The second-order valence-electron chi connectivity index (χ2n) is 6.83. The summed E-state index contributed by atoms with van der Waals surface area (Å²) in [4.78, 5) is 11.1. The quantitative estimate of drug-likeness (QED) is 0.534. The van der Waals surface area contributed by atoms with Crippen LogP contribution in [0.25, 0.3) is 10.9 Å². The van der Waals surface area contributed by atoms with E-state index < -0.39 is 5.97 Å². The number of carboxylic acids is 1. The molecule has 0 radical (unpaired) electrons. The SMILES string of the molecule is O=C(O)Cc1ccc2cc(Cc3ccccc3)n(Cc3ccccc3)c2c1. The minimum atomic E-state index is -0.806. The van der Waals surface area contributed by atoms with E-state index in [9.17, 15) is 4.79 Å². The van der Waals surface area contributed by atoms with E-state index in [2.05, 4.69) is 47.0 Å². The second-order valence-corrected chi connectivity index (χ2v) is 6.83. The minimum Gasteiger partial charge on any atom is -0.481 e. The monoisotopic (exact) mass is 355 g/mol. The number of carboxylic acid groups (broad SMARTS) is 1. The molecule has 3 aromatic carbocycles. The molecular formula is C24H21NO2.